The fourth-order valence-electron chi connectivity index (χ4n) is 1.60. The smallest absolute Gasteiger partial charge is 0.273 e. The molecule has 0 atom stereocenters. The molecule has 0 aliphatic heterocycles. The monoisotopic (exact) mass is 349 g/mol. The van der Waals surface area contributed by atoms with Crippen molar-refractivity contribution in [3.05, 3.63) is 35.4 Å². The number of rotatable bonds is 8. The van der Waals surface area contributed by atoms with Gasteiger partial charge >= 0.3 is 0 Å². The number of nitrogens with zero attached hydrogens (tertiary/aromatic N) is 4. The SMILES string of the molecule is C=NN=COCc1ccccc1/C(=N/OC)C(=O)NC.CC=NOC. The highest BCUT2D eigenvalue weighted by Gasteiger charge is 2.17. The third-order valence-corrected chi connectivity index (χ3v) is 2.55. The van der Waals surface area contributed by atoms with Gasteiger partial charge in [0.05, 0.1) is 0 Å². The Bertz CT molecular complexity index is 614. The van der Waals surface area contributed by atoms with E-state index in [0.29, 0.717) is 5.56 Å². The van der Waals surface area contributed by atoms with Crippen molar-refractivity contribution in [2.75, 3.05) is 21.3 Å². The number of ether oxygens (including phenoxy) is 1. The normalized spacial score (nSPS) is 10.8. The molecule has 9 heteroatoms. The molecule has 0 spiro atoms. The molecular weight excluding hydrogens is 326 g/mol. The average molecular weight is 349 g/mol. The third-order valence-electron chi connectivity index (χ3n) is 2.55. The van der Waals surface area contributed by atoms with Gasteiger partial charge in [0.25, 0.3) is 5.91 Å². The van der Waals surface area contributed by atoms with Crippen LogP contribution in [0.3, 0.4) is 0 Å². The Morgan fingerprint density at radius 3 is 2.52 bits per heavy atom. The van der Waals surface area contributed by atoms with E-state index in [1.54, 1.807) is 25.3 Å². The van der Waals surface area contributed by atoms with Crippen LogP contribution in [0.25, 0.3) is 0 Å². The molecule has 25 heavy (non-hydrogen) atoms. The molecule has 1 aromatic rings. The molecule has 1 N–H and O–H groups in total. The lowest BCUT2D eigenvalue weighted by Gasteiger charge is -2.10. The van der Waals surface area contributed by atoms with Crippen LogP contribution in [0.4, 0.5) is 0 Å². The van der Waals surface area contributed by atoms with Gasteiger partial charge in [0, 0.05) is 25.5 Å². The average Bonchev–Trinajstić information content (AvgIpc) is 2.64. The Kier molecular flexibility index (Phi) is 12.5. The van der Waals surface area contributed by atoms with E-state index in [1.165, 1.54) is 27.7 Å². The first-order valence-electron chi connectivity index (χ1n) is 7.17. The van der Waals surface area contributed by atoms with E-state index in [4.69, 9.17) is 9.57 Å². The summed E-state index contributed by atoms with van der Waals surface area (Å²) in [6, 6.07) is 7.21. The minimum absolute atomic E-state index is 0.174. The van der Waals surface area contributed by atoms with Crippen molar-refractivity contribution in [3.8, 4) is 0 Å². The standard InChI is InChI=1S/C13H16N4O3.C3H7NO/c1-14-13(18)12(17-19-3)11-7-5-4-6-10(11)8-20-9-16-15-2;1-3-4-5-2/h4-7,9H,2,8H2,1,3H3,(H,14,18);3H,1-2H3/b16-9?,17-12-;. The molecule has 0 aliphatic rings. The molecule has 0 bridgehead atoms. The van der Waals surface area contributed by atoms with E-state index in [-0.39, 0.29) is 18.2 Å². The molecule has 0 radical (unpaired) electrons. The van der Waals surface area contributed by atoms with Crippen molar-refractivity contribution in [1.82, 2.24) is 5.32 Å². The summed E-state index contributed by atoms with van der Waals surface area (Å²) in [7, 11) is 4.42. The van der Waals surface area contributed by atoms with E-state index in [9.17, 15) is 4.79 Å². The number of amides is 1. The molecule has 1 rings (SSSR count). The Morgan fingerprint density at radius 1 is 1.28 bits per heavy atom. The highest BCUT2D eigenvalue weighted by atomic mass is 16.6. The van der Waals surface area contributed by atoms with Gasteiger partial charge in [-0.3, -0.25) is 4.79 Å². The second kappa shape index (κ2) is 14.4. The fourth-order valence-corrected chi connectivity index (χ4v) is 1.60. The second-order valence-electron chi connectivity index (χ2n) is 4.08. The van der Waals surface area contributed by atoms with Crippen molar-refractivity contribution >= 4 is 31.0 Å². The largest absolute Gasteiger partial charge is 0.477 e. The zero-order valence-corrected chi connectivity index (χ0v) is 14.8. The quantitative estimate of drug-likeness (QED) is 0.437. The van der Waals surface area contributed by atoms with E-state index in [2.05, 4.69) is 37.4 Å². The van der Waals surface area contributed by atoms with Crippen LogP contribution in [-0.4, -0.2) is 52.2 Å². The number of carbonyl (C=O) groups excluding carboxylic acids is 1. The van der Waals surface area contributed by atoms with Gasteiger partial charge in [0.15, 0.2) is 12.1 Å². The maximum atomic E-state index is 11.8. The number of benzene rings is 1. The zero-order valence-electron chi connectivity index (χ0n) is 14.8. The van der Waals surface area contributed by atoms with Crippen molar-refractivity contribution in [3.63, 3.8) is 0 Å². The molecule has 1 amide bonds. The lowest BCUT2D eigenvalue weighted by Crippen LogP contribution is -2.29. The number of likely N-dealkylation sites (N-methyl/N-ethyl adjacent to an activating group) is 1. The van der Waals surface area contributed by atoms with Gasteiger partial charge in [-0.25, -0.2) is 0 Å². The van der Waals surface area contributed by atoms with Crippen LogP contribution in [0.1, 0.15) is 18.1 Å². The van der Waals surface area contributed by atoms with Gasteiger partial charge in [-0.2, -0.15) is 5.10 Å². The van der Waals surface area contributed by atoms with Crippen molar-refractivity contribution < 1.29 is 19.2 Å². The number of nitrogens with one attached hydrogen (secondary N) is 1. The lowest BCUT2D eigenvalue weighted by molar-refractivity contribution is -0.114. The lowest BCUT2D eigenvalue weighted by atomic mass is 10.0. The zero-order chi connectivity index (χ0) is 18.9. The first-order chi connectivity index (χ1) is 12.2. The van der Waals surface area contributed by atoms with E-state index >= 15 is 0 Å². The maximum Gasteiger partial charge on any atom is 0.273 e. The van der Waals surface area contributed by atoms with Gasteiger partial charge < -0.3 is 19.7 Å². The summed E-state index contributed by atoms with van der Waals surface area (Å²) >= 11 is 0. The van der Waals surface area contributed by atoms with Crippen LogP contribution in [0.2, 0.25) is 0 Å². The summed E-state index contributed by atoms with van der Waals surface area (Å²) in [5, 5.41) is 16.4. The second-order valence-corrected chi connectivity index (χ2v) is 4.08. The summed E-state index contributed by atoms with van der Waals surface area (Å²) in [5.74, 6) is -0.347. The van der Waals surface area contributed by atoms with E-state index < -0.39 is 0 Å². The molecule has 0 saturated heterocycles. The van der Waals surface area contributed by atoms with Crippen molar-refractivity contribution in [2.24, 2.45) is 20.5 Å². The summed E-state index contributed by atoms with van der Waals surface area (Å²) < 4.78 is 5.19. The highest BCUT2D eigenvalue weighted by Crippen LogP contribution is 2.12. The predicted octanol–water partition coefficient (Wildman–Crippen LogP) is 1.58. The Balaban J connectivity index is 0.00000101. The van der Waals surface area contributed by atoms with Gasteiger partial charge in [-0.15, -0.1) is 10.3 Å². The van der Waals surface area contributed by atoms with Crippen LogP contribution in [0, 0.1) is 0 Å². The molecule has 0 aliphatic carbocycles. The molecule has 9 nitrogen and oxygen atoms in total. The molecule has 0 fully saturated rings. The Labute approximate surface area is 147 Å². The fraction of sp³-hybridized carbons (Fsp3) is 0.312. The molecule has 0 unspecified atom stereocenters. The number of hydrogen-bond donors (Lipinski definition) is 1. The summed E-state index contributed by atoms with van der Waals surface area (Å²) in [6.07, 6.45) is 2.76. The van der Waals surface area contributed by atoms with Gasteiger partial charge in [0.2, 0.25) is 0 Å². The van der Waals surface area contributed by atoms with Crippen LogP contribution in [-0.2, 0) is 25.8 Å². The van der Waals surface area contributed by atoms with Crippen LogP contribution in [0.15, 0.2) is 44.8 Å². The highest BCUT2D eigenvalue weighted by molar-refractivity contribution is 6.45. The minimum atomic E-state index is -0.347. The van der Waals surface area contributed by atoms with Crippen LogP contribution in [0.5, 0.6) is 0 Å². The van der Waals surface area contributed by atoms with E-state index in [0.717, 1.165) is 5.56 Å². The molecule has 1 aromatic carbocycles. The van der Waals surface area contributed by atoms with Gasteiger partial charge in [-0.05, 0) is 12.5 Å². The van der Waals surface area contributed by atoms with Crippen LogP contribution < -0.4 is 5.32 Å². The number of oxime groups is 2. The maximum absolute atomic E-state index is 11.8. The topological polar surface area (TPSA) is 106 Å². The Morgan fingerprint density at radius 2 is 2.00 bits per heavy atom. The number of carbonyl (C=O) groups is 1. The van der Waals surface area contributed by atoms with Gasteiger partial charge in [-0.1, -0.05) is 29.4 Å². The molecule has 0 saturated carbocycles. The minimum Gasteiger partial charge on any atom is -0.477 e. The van der Waals surface area contributed by atoms with Crippen LogP contribution >= 0.6 is 0 Å². The van der Waals surface area contributed by atoms with E-state index in [1.807, 2.05) is 12.1 Å². The van der Waals surface area contributed by atoms with Gasteiger partial charge in [0.1, 0.15) is 20.8 Å². The van der Waals surface area contributed by atoms with Crippen molar-refractivity contribution in [2.45, 2.75) is 13.5 Å². The first-order valence-corrected chi connectivity index (χ1v) is 7.17. The molecule has 0 aromatic heterocycles. The first kappa shape index (κ1) is 21.8. The molecular formula is C16H23N5O4. The summed E-state index contributed by atoms with van der Waals surface area (Å²) in [6.45, 7) is 5.21. The summed E-state index contributed by atoms with van der Waals surface area (Å²) in [4.78, 5) is 20.8. The Hall–Kier alpha value is -3.23. The predicted molar refractivity (Wildman–Crippen MR) is 98.1 cm³/mol. The summed E-state index contributed by atoms with van der Waals surface area (Å²) in [5.41, 5.74) is 1.56. The van der Waals surface area contributed by atoms with Crippen molar-refractivity contribution in [1.29, 1.82) is 0 Å². The molecule has 136 valence electrons. The molecule has 0 heterocycles. The third kappa shape index (κ3) is 8.84. The number of hydrogen-bond acceptors (Lipinski definition) is 8.